The quantitative estimate of drug-likeness (QED) is 0.598. The molecule has 0 aliphatic carbocycles. The van der Waals surface area contributed by atoms with Crippen LogP contribution in [-0.2, 0) is 7.05 Å². The Kier molecular flexibility index (Phi) is 2.41. The molecule has 0 bridgehead atoms. The number of hydrogen-bond donors (Lipinski definition) is 0. The minimum atomic E-state index is 1.09. The highest BCUT2D eigenvalue weighted by atomic mass is 32.1. The van der Waals surface area contributed by atoms with Gasteiger partial charge in [-0.05, 0) is 30.0 Å². The lowest BCUT2D eigenvalue weighted by Crippen LogP contribution is -2.35. The van der Waals surface area contributed by atoms with Crippen molar-refractivity contribution in [1.29, 1.82) is 0 Å². The number of benzene rings is 1. The number of aromatic nitrogens is 2. The molecule has 2 nitrogen and oxygen atoms in total. The zero-order valence-corrected chi connectivity index (χ0v) is 10.7. The van der Waals surface area contributed by atoms with Crippen LogP contribution in [0.5, 0.6) is 0 Å². The Morgan fingerprint density at radius 2 is 2.00 bits per heavy atom. The van der Waals surface area contributed by atoms with E-state index in [-0.39, 0.29) is 0 Å². The maximum absolute atomic E-state index is 4.59. The van der Waals surface area contributed by atoms with Gasteiger partial charge in [-0.3, -0.25) is 0 Å². The topological polar surface area (TPSA) is 16.8 Å². The first kappa shape index (κ1) is 10.4. The van der Waals surface area contributed by atoms with E-state index in [1.54, 1.807) is 11.3 Å². The van der Waals surface area contributed by atoms with Gasteiger partial charge in [0.2, 0.25) is 5.69 Å². The van der Waals surface area contributed by atoms with Gasteiger partial charge in [0.1, 0.15) is 0 Å². The SMILES string of the molecule is Cc1ccccc1-c1cc2ccsc2n[n+]1C. The lowest BCUT2D eigenvalue weighted by Gasteiger charge is -2.02. The van der Waals surface area contributed by atoms with Crippen LogP contribution < -0.4 is 4.68 Å². The fraction of sp³-hybridized carbons (Fsp3) is 0.143. The first-order valence-corrected chi connectivity index (χ1v) is 6.44. The van der Waals surface area contributed by atoms with E-state index >= 15 is 0 Å². The van der Waals surface area contributed by atoms with E-state index in [1.807, 2.05) is 11.7 Å². The normalized spacial score (nSPS) is 10.9. The van der Waals surface area contributed by atoms with E-state index < -0.39 is 0 Å². The second-order valence-electron chi connectivity index (χ2n) is 4.15. The average molecular weight is 241 g/mol. The molecule has 0 aliphatic rings. The Morgan fingerprint density at radius 1 is 1.18 bits per heavy atom. The lowest BCUT2D eigenvalue weighted by atomic mass is 10.1. The molecule has 3 heteroatoms. The zero-order chi connectivity index (χ0) is 11.8. The van der Waals surface area contributed by atoms with Crippen molar-refractivity contribution in [3.8, 4) is 11.3 Å². The molecule has 0 saturated carbocycles. The summed E-state index contributed by atoms with van der Waals surface area (Å²) in [5.74, 6) is 0. The number of rotatable bonds is 1. The molecule has 0 atom stereocenters. The van der Waals surface area contributed by atoms with Crippen molar-refractivity contribution in [1.82, 2.24) is 5.10 Å². The summed E-state index contributed by atoms with van der Waals surface area (Å²) in [7, 11) is 2.00. The summed E-state index contributed by atoms with van der Waals surface area (Å²) < 4.78 is 1.96. The lowest BCUT2D eigenvalue weighted by molar-refractivity contribution is -0.717. The highest BCUT2D eigenvalue weighted by Gasteiger charge is 2.15. The fourth-order valence-corrected chi connectivity index (χ4v) is 2.82. The van der Waals surface area contributed by atoms with E-state index in [2.05, 4.69) is 53.8 Å². The Hall–Kier alpha value is -1.74. The van der Waals surface area contributed by atoms with Crippen LogP contribution in [-0.4, -0.2) is 5.10 Å². The molecular formula is C14H13N2S+. The second-order valence-corrected chi connectivity index (χ2v) is 5.04. The number of nitrogens with zero attached hydrogens (tertiary/aromatic N) is 2. The molecule has 84 valence electrons. The molecular weight excluding hydrogens is 228 g/mol. The highest BCUT2D eigenvalue weighted by Crippen LogP contribution is 2.24. The van der Waals surface area contributed by atoms with Crippen molar-refractivity contribution in [2.45, 2.75) is 6.92 Å². The number of aryl methyl sites for hydroxylation is 2. The summed E-state index contributed by atoms with van der Waals surface area (Å²) in [6.45, 7) is 2.13. The molecule has 0 fully saturated rings. The van der Waals surface area contributed by atoms with Crippen LogP contribution in [0.15, 0.2) is 41.8 Å². The summed E-state index contributed by atoms with van der Waals surface area (Å²) >= 11 is 1.68. The largest absolute Gasteiger partial charge is 0.239 e. The number of fused-ring (bicyclic) bond motifs is 1. The van der Waals surface area contributed by atoms with Gasteiger partial charge in [0, 0.05) is 16.6 Å². The molecule has 2 heterocycles. The van der Waals surface area contributed by atoms with Gasteiger partial charge in [-0.1, -0.05) is 22.9 Å². The summed E-state index contributed by atoms with van der Waals surface area (Å²) in [6.07, 6.45) is 0. The van der Waals surface area contributed by atoms with Crippen molar-refractivity contribution in [2.24, 2.45) is 7.05 Å². The Balaban J connectivity index is 2.30. The van der Waals surface area contributed by atoms with Crippen LogP contribution >= 0.6 is 11.3 Å². The highest BCUT2D eigenvalue weighted by molar-refractivity contribution is 7.16. The van der Waals surface area contributed by atoms with Crippen molar-refractivity contribution in [3.63, 3.8) is 0 Å². The van der Waals surface area contributed by atoms with E-state index in [0.29, 0.717) is 0 Å². The average Bonchev–Trinajstić information content (AvgIpc) is 2.76. The zero-order valence-electron chi connectivity index (χ0n) is 9.84. The van der Waals surface area contributed by atoms with Gasteiger partial charge in [0.15, 0.2) is 11.9 Å². The summed E-state index contributed by atoms with van der Waals surface area (Å²) in [6, 6.07) is 12.7. The number of hydrogen-bond acceptors (Lipinski definition) is 2. The van der Waals surface area contributed by atoms with Crippen LogP contribution in [0, 0.1) is 6.92 Å². The third kappa shape index (κ3) is 1.72. The van der Waals surface area contributed by atoms with Crippen molar-refractivity contribution in [2.75, 3.05) is 0 Å². The van der Waals surface area contributed by atoms with Crippen LogP contribution in [0.25, 0.3) is 21.5 Å². The minimum absolute atomic E-state index is 1.09. The fourth-order valence-electron chi connectivity index (χ4n) is 2.05. The van der Waals surface area contributed by atoms with Crippen molar-refractivity contribution >= 4 is 21.6 Å². The van der Waals surface area contributed by atoms with Gasteiger partial charge < -0.3 is 0 Å². The molecule has 0 saturated heterocycles. The molecule has 3 aromatic rings. The van der Waals surface area contributed by atoms with Gasteiger partial charge in [0.25, 0.3) is 0 Å². The molecule has 0 N–H and O–H groups in total. The monoisotopic (exact) mass is 241 g/mol. The minimum Gasteiger partial charge on any atom is -0.118 e. The van der Waals surface area contributed by atoms with Crippen LogP contribution in [0.1, 0.15) is 5.56 Å². The molecule has 0 amide bonds. The van der Waals surface area contributed by atoms with Crippen LogP contribution in [0.3, 0.4) is 0 Å². The first-order valence-electron chi connectivity index (χ1n) is 5.56. The van der Waals surface area contributed by atoms with Gasteiger partial charge in [0.05, 0.1) is 5.56 Å². The molecule has 0 unspecified atom stereocenters. The predicted molar refractivity (Wildman–Crippen MR) is 71.0 cm³/mol. The van der Waals surface area contributed by atoms with Gasteiger partial charge in [-0.15, -0.1) is 11.3 Å². The Bertz CT molecular complexity index is 686. The molecule has 0 radical (unpaired) electrons. The van der Waals surface area contributed by atoms with Gasteiger partial charge in [-0.2, -0.15) is 0 Å². The summed E-state index contributed by atoms with van der Waals surface area (Å²) in [4.78, 5) is 1.09. The van der Waals surface area contributed by atoms with Crippen LogP contribution in [0.2, 0.25) is 0 Å². The van der Waals surface area contributed by atoms with E-state index in [0.717, 1.165) is 10.5 Å². The first-order chi connectivity index (χ1) is 8.25. The molecule has 1 aromatic carbocycles. The molecule has 2 aromatic heterocycles. The summed E-state index contributed by atoms with van der Waals surface area (Å²) in [5.41, 5.74) is 3.68. The summed E-state index contributed by atoms with van der Waals surface area (Å²) in [5, 5.41) is 7.89. The van der Waals surface area contributed by atoms with Crippen LogP contribution in [0.4, 0.5) is 0 Å². The number of thiophene rings is 1. The van der Waals surface area contributed by atoms with Gasteiger partial charge in [-0.25, -0.2) is 0 Å². The van der Waals surface area contributed by atoms with E-state index in [1.165, 1.54) is 16.5 Å². The molecule has 0 aliphatic heterocycles. The van der Waals surface area contributed by atoms with E-state index in [9.17, 15) is 0 Å². The standard InChI is InChI=1S/C14H13N2S/c1-10-5-3-4-6-12(10)13-9-11-7-8-17-14(11)15-16(13)2/h3-9H,1-2H3/q+1. The van der Waals surface area contributed by atoms with Gasteiger partial charge >= 0.3 is 0 Å². The second kappa shape index (κ2) is 3.93. The predicted octanol–water partition coefficient (Wildman–Crippen LogP) is 3.10. The smallest absolute Gasteiger partial charge is 0.118 e. The Morgan fingerprint density at radius 3 is 2.82 bits per heavy atom. The maximum Gasteiger partial charge on any atom is 0.239 e. The maximum atomic E-state index is 4.59. The third-order valence-electron chi connectivity index (χ3n) is 2.98. The van der Waals surface area contributed by atoms with Crippen molar-refractivity contribution in [3.05, 3.63) is 47.3 Å². The van der Waals surface area contributed by atoms with E-state index in [4.69, 9.17) is 0 Å². The Labute approximate surface area is 104 Å². The molecule has 17 heavy (non-hydrogen) atoms. The third-order valence-corrected chi connectivity index (χ3v) is 3.79. The molecule has 0 spiro atoms. The molecule has 3 rings (SSSR count). The van der Waals surface area contributed by atoms with Crippen molar-refractivity contribution < 1.29 is 4.68 Å².